The third kappa shape index (κ3) is 2.57. The van der Waals surface area contributed by atoms with Gasteiger partial charge in [-0.3, -0.25) is 14.3 Å². The summed E-state index contributed by atoms with van der Waals surface area (Å²) in [5.74, 6) is -1.34. The summed E-state index contributed by atoms with van der Waals surface area (Å²) in [6.45, 7) is 5.29. The standard InChI is InChI=1S/C13H15N3O3S/c1-4-5-16(7-11(17)18)12(19)10-6-9-8(2)14-15(3)13(9)20-10/h4,6H,1,5,7H2,2-3H3,(H,17,18). The highest BCUT2D eigenvalue weighted by Crippen LogP contribution is 2.28. The van der Waals surface area contributed by atoms with Crippen LogP contribution in [0, 0.1) is 6.92 Å². The summed E-state index contributed by atoms with van der Waals surface area (Å²) in [4.78, 5) is 25.8. The number of carboxylic acids is 1. The van der Waals surface area contributed by atoms with Crippen molar-refractivity contribution in [2.45, 2.75) is 6.92 Å². The molecule has 0 aliphatic carbocycles. The maximum absolute atomic E-state index is 12.4. The van der Waals surface area contributed by atoms with E-state index in [1.807, 2.05) is 14.0 Å². The third-order valence-electron chi connectivity index (χ3n) is 2.87. The van der Waals surface area contributed by atoms with Crippen LogP contribution in [0.1, 0.15) is 15.4 Å². The van der Waals surface area contributed by atoms with Crippen LogP contribution in [0.2, 0.25) is 0 Å². The molecular weight excluding hydrogens is 278 g/mol. The molecule has 1 amide bonds. The lowest BCUT2D eigenvalue weighted by Crippen LogP contribution is -2.35. The maximum atomic E-state index is 12.4. The highest BCUT2D eigenvalue weighted by atomic mass is 32.1. The molecule has 0 unspecified atom stereocenters. The van der Waals surface area contributed by atoms with E-state index in [9.17, 15) is 9.59 Å². The Morgan fingerprint density at radius 3 is 2.85 bits per heavy atom. The zero-order chi connectivity index (χ0) is 14.9. The lowest BCUT2D eigenvalue weighted by molar-refractivity contribution is -0.137. The first kappa shape index (κ1) is 14.3. The smallest absolute Gasteiger partial charge is 0.323 e. The van der Waals surface area contributed by atoms with Crippen molar-refractivity contribution in [3.63, 3.8) is 0 Å². The molecule has 0 aromatic carbocycles. The van der Waals surface area contributed by atoms with Crippen LogP contribution in [-0.2, 0) is 11.8 Å². The number of aryl methyl sites for hydroxylation is 2. The normalized spacial score (nSPS) is 10.7. The fourth-order valence-electron chi connectivity index (χ4n) is 2.00. The maximum Gasteiger partial charge on any atom is 0.323 e. The Bertz CT molecular complexity index is 652. The molecule has 1 N–H and O–H groups in total. The number of carboxylic acid groups (broad SMARTS) is 1. The summed E-state index contributed by atoms with van der Waals surface area (Å²) in [6.07, 6.45) is 1.51. The number of nitrogens with zero attached hydrogens (tertiary/aromatic N) is 3. The highest BCUT2D eigenvalue weighted by molar-refractivity contribution is 7.20. The predicted octanol–water partition coefficient (Wildman–Crippen LogP) is 1.66. The topological polar surface area (TPSA) is 75.4 Å². The van der Waals surface area contributed by atoms with Crippen molar-refractivity contribution in [2.24, 2.45) is 7.05 Å². The molecule has 0 saturated heterocycles. The summed E-state index contributed by atoms with van der Waals surface area (Å²) in [6, 6.07) is 1.77. The minimum atomic E-state index is -1.04. The van der Waals surface area contributed by atoms with Gasteiger partial charge in [0.1, 0.15) is 11.4 Å². The molecule has 7 heteroatoms. The van der Waals surface area contributed by atoms with Crippen LogP contribution < -0.4 is 0 Å². The van der Waals surface area contributed by atoms with Gasteiger partial charge in [-0.15, -0.1) is 17.9 Å². The van der Waals surface area contributed by atoms with E-state index in [0.717, 1.165) is 15.9 Å². The number of amides is 1. The van der Waals surface area contributed by atoms with Gasteiger partial charge >= 0.3 is 5.97 Å². The minimum absolute atomic E-state index is 0.205. The molecule has 2 aromatic rings. The van der Waals surface area contributed by atoms with Gasteiger partial charge in [-0.25, -0.2) is 0 Å². The molecule has 2 aromatic heterocycles. The van der Waals surface area contributed by atoms with Gasteiger partial charge < -0.3 is 10.0 Å². The van der Waals surface area contributed by atoms with E-state index in [0.29, 0.717) is 4.88 Å². The van der Waals surface area contributed by atoms with E-state index in [-0.39, 0.29) is 19.0 Å². The van der Waals surface area contributed by atoms with Gasteiger partial charge in [-0.2, -0.15) is 5.10 Å². The van der Waals surface area contributed by atoms with Gasteiger partial charge in [0.15, 0.2) is 0 Å². The number of carbonyl (C=O) groups is 2. The second-order valence-corrected chi connectivity index (χ2v) is 5.44. The molecule has 2 heterocycles. The monoisotopic (exact) mass is 293 g/mol. The molecule has 20 heavy (non-hydrogen) atoms. The summed E-state index contributed by atoms with van der Waals surface area (Å²) in [5.41, 5.74) is 0.853. The van der Waals surface area contributed by atoms with Crippen molar-refractivity contribution in [3.05, 3.63) is 29.3 Å². The van der Waals surface area contributed by atoms with Crippen LogP contribution in [0.3, 0.4) is 0 Å². The number of hydrogen-bond acceptors (Lipinski definition) is 4. The van der Waals surface area contributed by atoms with Gasteiger partial charge in [-0.05, 0) is 13.0 Å². The molecule has 6 nitrogen and oxygen atoms in total. The number of thiophene rings is 1. The molecule has 0 bridgehead atoms. The van der Waals surface area contributed by atoms with Gasteiger partial charge in [-0.1, -0.05) is 6.08 Å². The number of carbonyl (C=O) groups excluding carboxylic acids is 1. The Balaban J connectivity index is 2.35. The second kappa shape index (κ2) is 5.46. The number of aliphatic carboxylic acids is 1. The Hall–Kier alpha value is -2.15. The molecule has 0 fully saturated rings. The van der Waals surface area contributed by atoms with Crippen LogP contribution in [-0.4, -0.2) is 44.8 Å². The Morgan fingerprint density at radius 2 is 2.30 bits per heavy atom. The molecular formula is C13H15N3O3S. The van der Waals surface area contributed by atoms with E-state index in [1.54, 1.807) is 10.7 Å². The van der Waals surface area contributed by atoms with E-state index in [4.69, 9.17) is 5.11 Å². The summed E-state index contributed by atoms with van der Waals surface area (Å²) < 4.78 is 1.72. The number of fused-ring (bicyclic) bond motifs is 1. The average Bonchev–Trinajstić information content (AvgIpc) is 2.90. The van der Waals surface area contributed by atoms with Gasteiger partial charge in [0.05, 0.1) is 10.6 Å². The largest absolute Gasteiger partial charge is 0.480 e. The van der Waals surface area contributed by atoms with E-state index in [2.05, 4.69) is 11.7 Å². The van der Waals surface area contributed by atoms with Crippen LogP contribution in [0.4, 0.5) is 0 Å². The predicted molar refractivity (Wildman–Crippen MR) is 77.1 cm³/mol. The zero-order valence-electron chi connectivity index (χ0n) is 11.3. The number of hydrogen-bond donors (Lipinski definition) is 1. The van der Waals surface area contributed by atoms with Crippen molar-refractivity contribution in [1.29, 1.82) is 0 Å². The first-order valence-corrected chi connectivity index (χ1v) is 6.80. The zero-order valence-corrected chi connectivity index (χ0v) is 12.1. The van der Waals surface area contributed by atoms with Crippen molar-refractivity contribution >= 4 is 33.4 Å². The average molecular weight is 293 g/mol. The molecule has 0 aliphatic rings. The van der Waals surface area contributed by atoms with Crippen LogP contribution >= 0.6 is 11.3 Å². The Labute approximate surface area is 119 Å². The van der Waals surface area contributed by atoms with Crippen LogP contribution in [0.15, 0.2) is 18.7 Å². The molecule has 0 saturated carbocycles. The van der Waals surface area contributed by atoms with E-state index in [1.165, 1.54) is 22.3 Å². The molecule has 2 rings (SSSR count). The number of aromatic nitrogens is 2. The summed E-state index contributed by atoms with van der Waals surface area (Å²) >= 11 is 1.32. The second-order valence-electron chi connectivity index (χ2n) is 4.41. The third-order valence-corrected chi connectivity index (χ3v) is 4.06. The van der Waals surface area contributed by atoms with Gasteiger partial charge in [0.25, 0.3) is 5.91 Å². The highest BCUT2D eigenvalue weighted by Gasteiger charge is 2.21. The summed E-state index contributed by atoms with van der Waals surface area (Å²) in [7, 11) is 1.82. The fraction of sp³-hybridized carbons (Fsp3) is 0.308. The Morgan fingerprint density at radius 1 is 1.60 bits per heavy atom. The van der Waals surface area contributed by atoms with Crippen molar-refractivity contribution < 1.29 is 14.7 Å². The quantitative estimate of drug-likeness (QED) is 0.851. The van der Waals surface area contributed by atoms with Crippen molar-refractivity contribution in [3.8, 4) is 0 Å². The van der Waals surface area contributed by atoms with E-state index >= 15 is 0 Å². The summed E-state index contributed by atoms with van der Waals surface area (Å²) in [5, 5.41) is 14.1. The minimum Gasteiger partial charge on any atom is -0.480 e. The first-order chi connectivity index (χ1) is 9.43. The molecule has 106 valence electrons. The van der Waals surface area contributed by atoms with Gasteiger partial charge in [0, 0.05) is 19.0 Å². The van der Waals surface area contributed by atoms with Crippen molar-refractivity contribution in [1.82, 2.24) is 14.7 Å². The van der Waals surface area contributed by atoms with E-state index < -0.39 is 5.97 Å². The van der Waals surface area contributed by atoms with Crippen molar-refractivity contribution in [2.75, 3.05) is 13.1 Å². The SMILES string of the molecule is C=CCN(CC(=O)O)C(=O)c1cc2c(C)nn(C)c2s1. The van der Waals surface area contributed by atoms with Gasteiger partial charge in [0.2, 0.25) is 0 Å². The lowest BCUT2D eigenvalue weighted by atomic mass is 10.3. The van der Waals surface area contributed by atoms with Crippen LogP contribution in [0.25, 0.3) is 10.2 Å². The first-order valence-electron chi connectivity index (χ1n) is 5.99. The van der Waals surface area contributed by atoms with Crippen LogP contribution in [0.5, 0.6) is 0 Å². The lowest BCUT2D eigenvalue weighted by Gasteiger charge is -2.17. The molecule has 0 aliphatic heterocycles. The number of rotatable bonds is 5. The molecule has 0 radical (unpaired) electrons. The molecule has 0 spiro atoms. The fourth-order valence-corrected chi connectivity index (χ4v) is 3.10. The Kier molecular flexibility index (Phi) is 3.89. The molecule has 0 atom stereocenters.